The monoisotopic (exact) mass is 458 g/mol. The molecule has 0 amide bonds. The van der Waals surface area contributed by atoms with Gasteiger partial charge in [-0.1, -0.05) is 6.07 Å². The van der Waals surface area contributed by atoms with Crippen LogP contribution in [0.1, 0.15) is 5.56 Å². The average molecular weight is 458 g/mol. The van der Waals surface area contributed by atoms with Crippen molar-refractivity contribution in [1.29, 1.82) is 0 Å². The van der Waals surface area contributed by atoms with Gasteiger partial charge in [-0.3, -0.25) is 14.4 Å². The molecule has 3 rings (SSSR count). The Morgan fingerprint density at radius 1 is 0.844 bits per heavy atom. The molecule has 0 bridgehead atoms. The molecule has 10 heteroatoms. The second-order valence-corrected chi connectivity index (χ2v) is 8.55. The molecule has 0 spiro atoms. The minimum atomic E-state index is -4.09. The van der Waals surface area contributed by atoms with E-state index < -0.39 is 14.9 Å². The third kappa shape index (κ3) is 4.92. The first-order valence-corrected chi connectivity index (χ1v) is 10.9. The molecule has 0 fully saturated rings. The van der Waals surface area contributed by atoms with Crippen molar-refractivity contribution in [3.05, 3.63) is 82.4 Å². The summed E-state index contributed by atoms with van der Waals surface area (Å²) in [5.74, 6) is 1.50. The first-order valence-electron chi connectivity index (χ1n) is 9.41. The molecule has 0 aromatic heterocycles. The maximum Gasteiger partial charge on any atom is 0.269 e. The highest BCUT2D eigenvalue weighted by Gasteiger charge is 2.27. The molecule has 0 saturated carbocycles. The maximum atomic E-state index is 13.6. The number of anilines is 1. The van der Waals surface area contributed by atoms with Crippen molar-refractivity contribution < 1.29 is 27.6 Å². The molecule has 0 radical (unpaired) electrons. The van der Waals surface area contributed by atoms with Crippen molar-refractivity contribution in [2.24, 2.45) is 0 Å². The second kappa shape index (κ2) is 9.56. The number of nitro benzene ring substituents is 1. The van der Waals surface area contributed by atoms with E-state index in [-0.39, 0.29) is 17.1 Å². The van der Waals surface area contributed by atoms with Gasteiger partial charge in [0.15, 0.2) is 0 Å². The first-order chi connectivity index (χ1) is 15.3. The number of sulfonamides is 1. The number of rotatable bonds is 9. The van der Waals surface area contributed by atoms with Crippen molar-refractivity contribution >= 4 is 21.4 Å². The van der Waals surface area contributed by atoms with Crippen molar-refractivity contribution in [3.63, 3.8) is 0 Å². The van der Waals surface area contributed by atoms with E-state index in [2.05, 4.69) is 0 Å². The van der Waals surface area contributed by atoms with Gasteiger partial charge < -0.3 is 14.2 Å². The van der Waals surface area contributed by atoms with Crippen molar-refractivity contribution in [3.8, 4) is 17.2 Å². The molecular weight excluding hydrogens is 436 g/mol. The zero-order valence-electron chi connectivity index (χ0n) is 17.7. The summed E-state index contributed by atoms with van der Waals surface area (Å²) in [5.41, 5.74) is 0.786. The van der Waals surface area contributed by atoms with Crippen LogP contribution in [0.15, 0.2) is 71.6 Å². The van der Waals surface area contributed by atoms with E-state index in [1.54, 1.807) is 42.5 Å². The van der Waals surface area contributed by atoms with Gasteiger partial charge in [-0.2, -0.15) is 0 Å². The van der Waals surface area contributed by atoms with Crippen LogP contribution in [0, 0.1) is 10.1 Å². The Morgan fingerprint density at radius 3 is 1.97 bits per heavy atom. The molecule has 0 N–H and O–H groups in total. The number of hydrogen-bond donors (Lipinski definition) is 0. The highest BCUT2D eigenvalue weighted by atomic mass is 32.2. The van der Waals surface area contributed by atoms with Gasteiger partial charge in [0, 0.05) is 24.3 Å². The molecule has 0 aliphatic heterocycles. The van der Waals surface area contributed by atoms with Gasteiger partial charge >= 0.3 is 0 Å². The lowest BCUT2D eigenvalue weighted by molar-refractivity contribution is -0.384. The van der Waals surface area contributed by atoms with Crippen LogP contribution in [-0.2, 0) is 16.6 Å². The largest absolute Gasteiger partial charge is 0.497 e. The van der Waals surface area contributed by atoms with Gasteiger partial charge in [-0.05, 0) is 42.0 Å². The van der Waals surface area contributed by atoms with Gasteiger partial charge in [-0.15, -0.1) is 0 Å². The highest BCUT2D eigenvalue weighted by Crippen LogP contribution is 2.31. The summed E-state index contributed by atoms with van der Waals surface area (Å²) in [6.07, 6.45) is 0. The Balaban J connectivity index is 2.11. The standard InChI is InChI=1S/C22H22N2O7S/c1-29-19-6-4-5-18(13-19)23(15-16-11-20(30-2)14-21(12-16)31-3)32(27,28)22-9-7-17(8-10-22)24(25)26/h4-14H,15H2,1-3H3. The fourth-order valence-corrected chi connectivity index (χ4v) is 4.52. The SMILES string of the molecule is COc1cc(CN(c2cccc(OC)c2)S(=O)(=O)c2ccc([N+](=O)[O-])cc2)cc(OC)c1. The predicted octanol–water partition coefficient (Wildman–Crippen LogP) is 4.02. The lowest BCUT2D eigenvalue weighted by Crippen LogP contribution is -2.30. The summed E-state index contributed by atoms with van der Waals surface area (Å²) in [6.45, 7) is -0.0416. The van der Waals surface area contributed by atoms with Crippen LogP contribution in [0.3, 0.4) is 0 Å². The topological polar surface area (TPSA) is 108 Å². The summed E-state index contributed by atoms with van der Waals surface area (Å²) >= 11 is 0. The van der Waals surface area contributed by atoms with Crippen molar-refractivity contribution in [2.75, 3.05) is 25.6 Å². The Hall–Kier alpha value is -3.79. The minimum absolute atomic E-state index is 0.0416. The van der Waals surface area contributed by atoms with Gasteiger partial charge in [-0.25, -0.2) is 8.42 Å². The van der Waals surface area contributed by atoms with E-state index in [4.69, 9.17) is 14.2 Å². The lowest BCUT2D eigenvalue weighted by Gasteiger charge is -2.25. The number of methoxy groups -OCH3 is 3. The Labute approximate surface area is 186 Å². The maximum absolute atomic E-state index is 13.6. The van der Waals surface area contributed by atoms with Crippen molar-refractivity contribution in [1.82, 2.24) is 0 Å². The van der Waals surface area contributed by atoms with Gasteiger partial charge in [0.05, 0.1) is 43.4 Å². The molecule has 0 unspecified atom stereocenters. The summed E-state index contributed by atoms with van der Waals surface area (Å²) in [7, 11) is 0.414. The number of benzene rings is 3. The summed E-state index contributed by atoms with van der Waals surface area (Å²) in [5, 5.41) is 11.0. The highest BCUT2D eigenvalue weighted by molar-refractivity contribution is 7.92. The molecule has 3 aromatic carbocycles. The fraction of sp³-hybridized carbons (Fsp3) is 0.182. The van der Waals surface area contributed by atoms with Crippen LogP contribution in [0.25, 0.3) is 0 Å². The molecule has 9 nitrogen and oxygen atoms in total. The van der Waals surface area contributed by atoms with E-state index in [1.165, 1.54) is 37.8 Å². The summed E-state index contributed by atoms with van der Waals surface area (Å²) in [6, 6.07) is 16.5. The smallest absolute Gasteiger partial charge is 0.269 e. The number of hydrogen-bond acceptors (Lipinski definition) is 7. The van der Waals surface area contributed by atoms with Gasteiger partial charge in [0.2, 0.25) is 0 Å². The van der Waals surface area contributed by atoms with Crippen LogP contribution in [0.4, 0.5) is 11.4 Å². The fourth-order valence-electron chi connectivity index (χ4n) is 3.07. The number of nitro groups is 1. The van der Waals surface area contributed by atoms with Gasteiger partial charge in [0.1, 0.15) is 17.2 Å². The first kappa shape index (κ1) is 22.9. The van der Waals surface area contributed by atoms with Crippen LogP contribution in [-0.4, -0.2) is 34.7 Å². The van der Waals surface area contributed by atoms with Crippen LogP contribution in [0.2, 0.25) is 0 Å². The van der Waals surface area contributed by atoms with Crippen LogP contribution < -0.4 is 18.5 Å². The van der Waals surface area contributed by atoms with E-state index in [1.807, 2.05) is 0 Å². The number of ether oxygens (including phenoxy) is 3. The third-order valence-electron chi connectivity index (χ3n) is 4.71. The third-order valence-corrected chi connectivity index (χ3v) is 6.50. The number of nitrogens with zero attached hydrogens (tertiary/aromatic N) is 2. The zero-order valence-corrected chi connectivity index (χ0v) is 18.5. The van der Waals surface area contributed by atoms with E-state index in [0.717, 1.165) is 12.1 Å². The molecule has 32 heavy (non-hydrogen) atoms. The van der Waals surface area contributed by atoms with Crippen molar-refractivity contribution in [2.45, 2.75) is 11.4 Å². The molecule has 0 atom stereocenters. The Morgan fingerprint density at radius 2 is 1.44 bits per heavy atom. The Kier molecular flexibility index (Phi) is 6.84. The van der Waals surface area contributed by atoms with E-state index >= 15 is 0 Å². The summed E-state index contributed by atoms with van der Waals surface area (Å²) in [4.78, 5) is 10.3. The average Bonchev–Trinajstić information content (AvgIpc) is 2.82. The zero-order chi connectivity index (χ0) is 23.3. The van der Waals surface area contributed by atoms with E-state index in [0.29, 0.717) is 28.5 Å². The minimum Gasteiger partial charge on any atom is -0.497 e. The molecule has 0 saturated heterocycles. The molecule has 3 aromatic rings. The lowest BCUT2D eigenvalue weighted by atomic mass is 10.2. The molecular formula is C22H22N2O7S. The number of non-ortho nitro benzene ring substituents is 1. The van der Waals surface area contributed by atoms with Crippen LogP contribution >= 0.6 is 0 Å². The predicted molar refractivity (Wildman–Crippen MR) is 119 cm³/mol. The molecule has 0 heterocycles. The quantitative estimate of drug-likeness (QED) is 0.352. The normalized spacial score (nSPS) is 11.0. The molecule has 0 aliphatic rings. The van der Waals surface area contributed by atoms with E-state index in [9.17, 15) is 18.5 Å². The second-order valence-electron chi connectivity index (χ2n) is 6.69. The molecule has 168 valence electrons. The molecule has 0 aliphatic carbocycles. The summed E-state index contributed by atoms with van der Waals surface area (Å²) < 4.78 is 44.2. The Bertz CT molecular complexity index is 1190. The van der Waals surface area contributed by atoms with Crippen LogP contribution in [0.5, 0.6) is 17.2 Å². The van der Waals surface area contributed by atoms with Gasteiger partial charge in [0.25, 0.3) is 15.7 Å².